The minimum absolute atomic E-state index is 0.0326. The fraction of sp³-hybridized carbons (Fsp3) is 0.324. The normalized spacial score (nSPS) is 13.9. The minimum Gasteiger partial charge on any atom is -0.490 e. The van der Waals surface area contributed by atoms with Crippen molar-refractivity contribution in [2.24, 2.45) is 5.73 Å². The SMILES string of the molecule is CC(C)Oc1c(C(N)=O)cc(C#Cc2ccc(C(=O)NCCCN3CCNC(=O)C3)cc2)cc1[C@H](CO)Cc1c[nH]c2ccccc12. The van der Waals surface area contributed by atoms with E-state index < -0.39 is 5.91 Å². The van der Waals surface area contributed by atoms with Crippen molar-refractivity contribution >= 4 is 28.6 Å². The van der Waals surface area contributed by atoms with Crippen LogP contribution in [0.5, 0.6) is 5.75 Å². The minimum atomic E-state index is -0.647. The van der Waals surface area contributed by atoms with E-state index in [9.17, 15) is 19.5 Å². The van der Waals surface area contributed by atoms with Gasteiger partial charge in [0.2, 0.25) is 5.91 Å². The van der Waals surface area contributed by atoms with Gasteiger partial charge >= 0.3 is 0 Å². The monoisotopic (exact) mass is 635 g/mol. The second-order valence-corrected chi connectivity index (χ2v) is 12.0. The molecule has 10 heteroatoms. The van der Waals surface area contributed by atoms with Gasteiger partial charge < -0.3 is 31.2 Å². The predicted octanol–water partition coefficient (Wildman–Crippen LogP) is 3.32. The number of aromatic nitrogens is 1. The van der Waals surface area contributed by atoms with Crippen molar-refractivity contribution in [2.75, 3.05) is 39.3 Å². The molecule has 1 aliphatic heterocycles. The maximum Gasteiger partial charge on any atom is 0.252 e. The molecule has 0 saturated carbocycles. The average Bonchev–Trinajstić information content (AvgIpc) is 3.47. The van der Waals surface area contributed by atoms with E-state index in [1.165, 1.54) is 0 Å². The molecule has 0 radical (unpaired) electrons. The van der Waals surface area contributed by atoms with E-state index in [0.717, 1.165) is 36.0 Å². The lowest BCUT2D eigenvalue weighted by Crippen LogP contribution is -2.48. The molecular formula is C37H41N5O5. The topological polar surface area (TPSA) is 150 Å². The largest absolute Gasteiger partial charge is 0.490 e. The Balaban J connectivity index is 1.32. The molecule has 3 amide bonds. The molecule has 0 spiro atoms. The highest BCUT2D eigenvalue weighted by Gasteiger charge is 2.24. The van der Waals surface area contributed by atoms with Crippen LogP contribution >= 0.6 is 0 Å². The number of aliphatic hydroxyl groups excluding tert-OH is 1. The molecule has 2 heterocycles. The van der Waals surface area contributed by atoms with E-state index in [4.69, 9.17) is 10.5 Å². The molecule has 47 heavy (non-hydrogen) atoms. The highest BCUT2D eigenvalue weighted by Crippen LogP contribution is 2.35. The van der Waals surface area contributed by atoms with E-state index in [-0.39, 0.29) is 36.0 Å². The molecule has 6 N–H and O–H groups in total. The summed E-state index contributed by atoms with van der Waals surface area (Å²) in [6.07, 6.45) is 2.96. The maximum absolute atomic E-state index is 12.7. The number of amides is 3. The zero-order valence-electron chi connectivity index (χ0n) is 26.8. The van der Waals surface area contributed by atoms with Crippen LogP contribution in [0.4, 0.5) is 0 Å². The molecule has 1 saturated heterocycles. The summed E-state index contributed by atoms with van der Waals surface area (Å²) in [5, 5.41) is 17.4. The molecule has 244 valence electrons. The van der Waals surface area contributed by atoms with Crippen LogP contribution in [0.2, 0.25) is 0 Å². The Morgan fingerprint density at radius 2 is 1.85 bits per heavy atom. The molecule has 0 aliphatic carbocycles. The van der Waals surface area contributed by atoms with Gasteiger partial charge in [0.05, 0.1) is 24.8 Å². The number of aromatic amines is 1. The summed E-state index contributed by atoms with van der Waals surface area (Å²) in [4.78, 5) is 42.2. The second-order valence-electron chi connectivity index (χ2n) is 12.0. The Hall–Kier alpha value is -5.11. The third-order valence-corrected chi connectivity index (χ3v) is 8.09. The fourth-order valence-corrected chi connectivity index (χ4v) is 5.75. The van der Waals surface area contributed by atoms with Gasteiger partial charge in [-0.2, -0.15) is 0 Å². The lowest BCUT2D eigenvalue weighted by Gasteiger charge is -2.26. The van der Waals surface area contributed by atoms with Gasteiger partial charge in [0.25, 0.3) is 11.8 Å². The van der Waals surface area contributed by atoms with Gasteiger partial charge in [-0.05, 0) is 74.7 Å². The number of fused-ring (bicyclic) bond motifs is 1. The number of para-hydroxylation sites is 1. The number of primary amides is 1. The first kappa shape index (κ1) is 33.3. The number of carbonyl (C=O) groups is 3. The zero-order valence-corrected chi connectivity index (χ0v) is 26.8. The fourth-order valence-electron chi connectivity index (χ4n) is 5.75. The number of ether oxygens (including phenoxy) is 1. The van der Waals surface area contributed by atoms with Crippen LogP contribution in [0, 0.1) is 11.8 Å². The summed E-state index contributed by atoms with van der Waals surface area (Å²) in [5.74, 6) is 5.43. The number of piperazine rings is 1. The van der Waals surface area contributed by atoms with Crippen LogP contribution < -0.4 is 21.1 Å². The second kappa shape index (κ2) is 15.5. The standard InChI is InChI=1S/C37H41N5O5/c1-24(2)47-35-31(29(23-43)20-28-21-41-33-7-4-3-6-30(28)33)18-26(19-32(35)36(38)45)9-8-25-10-12-27(13-11-25)37(46)40-14-5-16-42-17-15-39-34(44)22-42/h3-4,6-7,10-13,18-19,21,24,29,41,43H,5,14-17,20,22-23H2,1-2H3,(H2,38,45)(H,39,44)(H,40,46)/t29-/m0/s1. The number of nitrogens with zero attached hydrogens (tertiary/aromatic N) is 1. The van der Waals surface area contributed by atoms with Crippen LogP contribution in [-0.4, -0.2) is 78.1 Å². The quantitative estimate of drug-likeness (QED) is 0.119. The molecule has 10 nitrogen and oxygen atoms in total. The van der Waals surface area contributed by atoms with Crippen molar-refractivity contribution in [3.8, 4) is 17.6 Å². The number of hydrogen-bond donors (Lipinski definition) is 5. The number of nitrogens with one attached hydrogen (secondary N) is 3. The highest BCUT2D eigenvalue weighted by atomic mass is 16.5. The molecular weight excluding hydrogens is 594 g/mol. The molecule has 1 aliphatic rings. The van der Waals surface area contributed by atoms with Crippen molar-refractivity contribution in [3.05, 3.63) is 100 Å². The number of carbonyl (C=O) groups excluding carboxylic acids is 3. The van der Waals surface area contributed by atoms with Gasteiger partial charge in [0.1, 0.15) is 5.75 Å². The molecule has 0 unspecified atom stereocenters. The molecule has 0 bridgehead atoms. The van der Waals surface area contributed by atoms with Gasteiger partial charge in [-0.25, -0.2) is 0 Å². The van der Waals surface area contributed by atoms with Crippen molar-refractivity contribution in [1.82, 2.24) is 20.5 Å². The Kier molecular flexibility index (Phi) is 10.9. The number of H-pyrrole nitrogens is 1. The Bertz CT molecular complexity index is 1800. The van der Waals surface area contributed by atoms with Gasteiger partial charge in [-0.3, -0.25) is 19.3 Å². The van der Waals surface area contributed by atoms with E-state index in [1.807, 2.05) is 50.4 Å². The number of benzene rings is 3. The number of aliphatic hydroxyl groups is 1. The van der Waals surface area contributed by atoms with Crippen molar-refractivity contribution in [1.29, 1.82) is 0 Å². The summed E-state index contributed by atoms with van der Waals surface area (Å²) in [6.45, 7) is 6.68. The van der Waals surface area contributed by atoms with Gasteiger partial charge in [0.15, 0.2) is 0 Å². The number of hydrogen-bond acceptors (Lipinski definition) is 6. The maximum atomic E-state index is 12.7. The summed E-state index contributed by atoms with van der Waals surface area (Å²) >= 11 is 0. The van der Waals surface area contributed by atoms with E-state index >= 15 is 0 Å². The summed E-state index contributed by atoms with van der Waals surface area (Å²) in [7, 11) is 0. The smallest absolute Gasteiger partial charge is 0.252 e. The van der Waals surface area contributed by atoms with Crippen LogP contribution in [0.3, 0.4) is 0 Å². The molecule has 1 aromatic heterocycles. The van der Waals surface area contributed by atoms with E-state index in [1.54, 1.807) is 30.3 Å². The summed E-state index contributed by atoms with van der Waals surface area (Å²) in [6, 6.07) is 18.4. The van der Waals surface area contributed by atoms with Gasteiger partial charge in [-0.15, -0.1) is 0 Å². The molecule has 1 fully saturated rings. The van der Waals surface area contributed by atoms with Crippen LogP contribution in [0.25, 0.3) is 10.9 Å². The van der Waals surface area contributed by atoms with Crippen molar-refractivity contribution in [2.45, 2.75) is 38.7 Å². The lowest BCUT2D eigenvalue weighted by molar-refractivity contribution is -0.124. The van der Waals surface area contributed by atoms with Crippen LogP contribution in [-0.2, 0) is 11.2 Å². The van der Waals surface area contributed by atoms with Gasteiger partial charge in [0, 0.05) is 71.5 Å². The predicted molar refractivity (Wildman–Crippen MR) is 181 cm³/mol. The molecule has 1 atom stereocenters. The zero-order chi connectivity index (χ0) is 33.3. The van der Waals surface area contributed by atoms with Crippen molar-refractivity contribution in [3.63, 3.8) is 0 Å². The van der Waals surface area contributed by atoms with E-state index in [0.29, 0.717) is 54.1 Å². The molecule has 3 aromatic carbocycles. The van der Waals surface area contributed by atoms with Crippen molar-refractivity contribution < 1.29 is 24.2 Å². The first-order chi connectivity index (χ1) is 22.7. The van der Waals surface area contributed by atoms with E-state index in [2.05, 4.69) is 32.4 Å². The number of rotatable bonds is 12. The summed E-state index contributed by atoms with van der Waals surface area (Å²) < 4.78 is 6.13. The Morgan fingerprint density at radius 1 is 1.09 bits per heavy atom. The highest BCUT2D eigenvalue weighted by molar-refractivity contribution is 5.97. The Labute approximate surface area is 274 Å². The molecule has 5 rings (SSSR count). The third-order valence-electron chi connectivity index (χ3n) is 8.09. The molecule has 4 aromatic rings. The first-order valence-electron chi connectivity index (χ1n) is 15.9. The summed E-state index contributed by atoms with van der Waals surface area (Å²) in [5.41, 5.74) is 10.5. The number of nitrogens with two attached hydrogens (primary N) is 1. The first-order valence-corrected chi connectivity index (χ1v) is 15.9. The Morgan fingerprint density at radius 3 is 2.57 bits per heavy atom. The average molecular weight is 636 g/mol. The third kappa shape index (κ3) is 8.58. The van der Waals surface area contributed by atoms with Crippen LogP contribution in [0.15, 0.2) is 66.9 Å². The van der Waals surface area contributed by atoms with Gasteiger partial charge in [-0.1, -0.05) is 30.0 Å². The van der Waals surface area contributed by atoms with Crippen LogP contribution in [0.1, 0.15) is 69.2 Å². The lowest BCUT2D eigenvalue weighted by atomic mass is 9.88.